The van der Waals surface area contributed by atoms with Gasteiger partial charge < -0.3 is 5.32 Å². The lowest BCUT2D eigenvalue weighted by Crippen LogP contribution is -2.32. The van der Waals surface area contributed by atoms with Crippen LogP contribution in [0.4, 0.5) is 5.82 Å². The summed E-state index contributed by atoms with van der Waals surface area (Å²) in [6.07, 6.45) is 5.53. The Morgan fingerprint density at radius 2 is 2.13 bits per heavy atom. The molecule has 0 saturated heterocycles. The van der Waals surface area contributed by atoms with Crippen molar-refractivity contribution >= 4 is 16.9 Å². The molecule has 0 unspecified atom stereocenters. The van der Waals surface area contributed by atoms with Crippen molar-refractivity contribution < 1.29 is 0 Å². The van der Waals surface area contributed by atoms with E-state index in [9.17, 15) is 0 Å². The Hall–Kier alpha value is -2.47. The molecular formula is C17H20N6. The van der Waals surface area contributed by atoms with E-state index in [1.807, 2.05) is 0 Å². The van der Waals surface area contributed by atoms with E-state index in [-0.39, 0.29) is 0 Å². The second-order valence-electron chi connectivity index (χ2n) is 5.93. The van der Waals surface area contributed by atoms with Crippen LogP contribution in [0.5, 0.6) is 0 Å². The van der Waals surface area contributed by atoms with Gasteiger partial charge in [-0.25, -0.2) is 9.97 Å². The molecule has 6 heteroatoms. The molecule has 118 valence electrons. The minimum absolute atomic E-state index is 0.811. The molecule has 1 aromatic carbocycles. The number of rotatable bonds is 5. The average Bonchev–Trinajstić information content (AvgIpc) is 3.02. The van der Waals surface area contributed by atoms with Crippen LogP contribution in [0.1, 0.15) is 17.5 Å². The summed E-state index contributed by atoms with van der Waals surface area (Å²) in [5.41, 5.74) is 4.70. The largest absolute Gasteiger partial charge is 0.367 e. The molecule has 0 amide bonds. The number of hydrogen-bond acceptors (Lipinski definition) is 5. The van der Waals surface area contributed by atoms with Crippen LogP contribution in [0.3, 0.4) is 0 Å². The first-order valence-electron chi connectivity index (χ1n) is 8.07. The van der Waals surface area contributed by atoms with Crippen LogP contribution in [0.2, 0.25) is 0 Å². The second kappa shape index (κ2) is 6.34. The van der Waals surface area contributed by atoms with Gasteiger partial charge in [-0.15, -0.1) is 0 Å². The van der Waals surface area contributed by atoms with Crippen molar-refractivity contribution in [2.75, 3.05) is 25.0 Å². The van der Waals surface area contributed by atoms with Gasteiger partial charge in [-0.1, -0.05) is 24.3 Å². The lowest BCUT2D eigenvalue weighted by atomic mass is 10.00. The molecule has 0 fully saturated rings. The summed E-state index contributed by atoms with van der Waals surface area (Å²) in [4.78, 5) is 10.8. The molecule has 0 radical (unpaired) electrons. The molecule has 2 N–H and O–H groups in total. The first-order chi connectivity index (χ1) is 11.4. The molecular weight excluding hydrogens is 288 g/mol. The van der Waals surface area contributed by atoms with Crippen LogP contribution in [-0.2, 0) is 13.0 Å². The number of fused-ring (bicyclic) bond motifs is 2. The molecule has 0 bridgehead atoms. The maximum atomic E-state index is 4.26. The molecule has 6 nitrogen and oxygen atoms in total. The number of hydrogen-bond donors (Lipinski definition) is 2. The monoisotopic (exact) mass is 308 g/mol. The Kier molecular flexibility index (Phi) is 3.90. The van der Waals surface area contributed by atoms with Crippen molar-refractivity contribution in [3.05, 3.63) is 47.9 Å². The van der Waals surface area contributed by atoms with Gasteiger partial charge >= 0.3 is 0 Å². The number of benzene rings is 1. The Morgan fingerprint density at radius 3 is 3.09 bits per heavy atom. The summed E-state index contributed by atoms with van der Waals surface area (Å²) >= 11 is 0. The molecule has 1 aliphatic rings. The fourth-order valence-electron chi connectivity index (χ4n) is 3.15. The van der Waals surface area contributed by atoms with Crippen molar-refractivity contribution in [3.63, 3.8) is 0 Å². The van der Waals surface area contributed by atoms with Gasteiger partial charge in [0.15, 0.2) is 5.82 Å². The number of aromatic amines is 1. The van der Waals surface area contributed by atoms with Gasteiger partial charge in [-0.2, -0.15) is 5.10 Å². The van der Waals surface area contributed by atoms with E-state index in [0.717, 1.165) is 55.9 Å². The van der Waals surface area contributed by atoms with Crippen LogP contribution in [-0.4, -0.2) is 44.7 Å². The van der Waals surface area contributed by atoms with Gasteiger partial charge in [0.05, 0.1) is 6.20 Å². The predicted molar refractivity (Wildman–Crippen MR) is 90.2 cm³/mol. The van der Waals surface area contributed by atoms with E-state index < -0.39 is 0 Å². The Bertz CT molecular complexity index is 796. The van der Waals surface area contributed by atoms with Gasteiger partial charge in [0.25, 0.3) is 0 Å². The van der Waals surface area contributed by atoms with E-state index in [2.05, 4.69) is 54.6 Å². The predicted octanol–water partition coefficient (Wildman–Crippen LogP) is 2.21. The molecule has 0 spiro atoms. The summed E-state index contributed by atoms with van der Waals surface area (Å²) in [7, 11) is 0. The third-order valence-corrected chi connectivity index (χ3v) is 4.38. The maximum absolute atomic E-state index is 4.26. The Morgan fingerprint density at radius 1 is 1.22 bits per heavy atom. The molecule has 23 heavy (non-hydrogen) atoms. The number of anilines is 1. The zero-order valence-corrected chi connectivity index (χ0v) is 13.0. The number of aromatic nitrogens is 4. The van der Waals surface area contributed by atoms with Gasteiger partial charge in [-0.3, -0.25) is 10.00 Å². The summed E-state index contributed by atoms with van der Waals surface area (Å²) in [5.74, 6) is 0.811. The molecule has 3 aromatic rings. The van der Waals surface area contributed by atoms with E-state index in [1.54, 1.807) is 12.5 Å². The van der Waals surface area contributed by atoms with E-state index in [4.69, 9.17) is 0 Å². The third kappa shape index (κ3) is 3.03. The van der Waals surface area contributed by atoms with E-state index >= 15 is 0 Å². The smallest absolute Gasteiger partial charge is 0.174 e. The minimum Gasteiger partial charge on any atom is -0.367 e. The minimum atomic E-state index is 0.811. The van der Waals surface area contributed by atoms with Crippen molar-refractivity contribution in [2.24, 2.45) is 0 Å². The van der Waals surface area contributed by atoms with Gasteiger partial charge in [0.2, 0.25) is 0 Å². The molecule has 3 heterocycles. The molecule has 0 saturated carbocycles. The molecule has 1 aliphatic heterocycles. The number of nitrogens with one attached hydrogen (secondary N) is 2. The zero-order valence-electron chi connectivity index (χ0n) is 13.0. The average molecular weight is 308 g/mol. The summed E-state index contributed by atoms with van der Waals surface area (Å²) in [6.45, 7) is 4.20. The lowest BCUT2D eigenvalue weighted by Gasteiger charge is -2.28. The summed E-state index contributed by atoms with van der Waals surface area (Å²) in [6, 6.07) is 8.76. The van der Waals surface area contributed by atoms with Crippen molar-refractivity contribution in [2.45, 2.75) is 19.4 Å². The molecule has 0 atom stereocenters. The van der Waals surface area contributed by atoms with Gasteiger partial charge in [0, 0.05) is 26.2 Å². The summed E-state index contributed by atoms with van der Waals surface area (Å²) < 4.78 is 0. The van der Waals surface area contributed by atoms with Gasteiger partial charge in [0.1, 0.15) is 17.4 Å². The first-order valence-corrected chi connectivity index (χ1v) is 8.07. The van der Waals surface area contributed by atoms with E-state index in [1.165, 1.54) is 11.1 Å². The highest BCUT2D eigenvalue weighted by Gasteiger charge is 2.15. The van der Waals surface area contributed by atoms with Gasteiger partial charge in [-0.05, 0) is 24.0 Å². The highest BCUT2D eigenvalue weighted by Crippen LogP contribution is 2.19. The van der Waals surface area contributed by atoms with Crippen LogP contribution in [0.15, 0.2) is 36.8 Å². The molecule has 2 aromatic heterocycles. The highest BCUT2D eigenvalue weighted by atomic mass is 15.2. The van der Waals surface area contributed by atoms with Crippen molar-refractivity contribution in [3.8, 4) is 0 Å². The maximum Gasteiger partial charge on any atom is 0.174 e. The van der Waals surface area contributed by atoms with Crippen LogP contribution < -0.4 is 5.32 Å². The molecule has 4 rings (SSSR count). The lowest BCUT2D eigenvalue weighted by molar-refractivity contribution is 0.253. The fraction of sp³-hybridized carbons (Fsp3) is 0.353. The normalized spacial score (nSPS) is 14.8. The highest BCUT2D eigenvalue weighted by molar-refractivity contribution is 5.84. The first kappa shape index (κ1) is 14.1. The topological polar surface area (TPSA) is 69.7 Å². The quantitative estimate of drug-likeness (QED) is 0.707. The van der Waals surface area contributed by atoms with Crippen molar-refractivity contribution in [1.29, 1.82) is 0 Å². The fourth-order valence-corrected chi connectivity index (χ4v) is 3.15. The number of nitrogens with zero attached hydrogens (tertiary/aromatic N) is 4. The van der Waals surface area contributed by atoms with E-state index in [0.29, 0.717) is 0 Å². The SMILES string of the molecule is c1ccc2c(c1)CCN(CCCNc1n[nH]c3cncnc13)C2. The number of H-pyrrole nitrogens is 1. The van der Waals surface area contributed by atoms with Crippen LogP contribution in [0.25, 0.3) is 11.0 Å². The Balaban J connectivity index is 1.28. The summed E-state index contributed by atoms with van der Waals surface area (Å²) in [5, 5.41) is 10.6. The zero-order chi connectivity index (χ0) is 15.5. The molecule has 0 aliphatic carbocycles. The van der Waals surface area contributed by atoms with Crippen LogP contribution >= 0.6 is 0 Å². The Labute approximate surface area is 135 Å². The third-order valence-electron chi connectivity index (χ3n) is 4.38. The van der Waals surface area contributed by atoms with Crippen molar-refractivity contribution in [1.82, 2.24) is 25.1 Å². The standard InChI is InChI=1S/C17H20N6/c1-2-5-14-11-23(9-6-13(14)4-1)8-3-7-19-17-16-15(21-22-17)10-18-12-20-16/h1-2,4-5,10,12H,3,6-9,11H2,(H2,19,21,22). The second-order valence-corrected chi connectivity index (χ2v) is 5.93. The van der Waals surface area contributed by atoms with Crippen LogP contribution in [0, 0.1) is 0 Å².